The van der Waals surface area contributed by atoms with E-state index in [0.29, 0.717) is 5.82 Å². The number of pyridine rings is 1. The van der Waals surface area contributed by atoms with Gasteiger partial charge >= 0.3 is 5.97 Å². The number of nitrogens with one attached hydrogen (secondary N) is 1. The summed E-state index contributed by atoms with van der Waals surface area (Å²) in [5, 5.41) is 3.12. The van der Waals surface area contributed by atoms with Gasteiger partial charge in [0.2, 0.25) is 0 Å². The van der Waals surface area contributed by atoms with Gasteiger partial charge in [-0.2, -0.15) is 0 Å². The molecule has 0 aliphatic rings. The van der Waals surface area contributed by atoms with Crippen LogP contribution in [0.5, 0.6) is 0 Å². The molecule has 0 saturated heterocycles. The van der Waals surface area contributed by atoms with Crippen LogP contribution in [0.4, 0.5) is 5.82 Å². The number of carbonyl (C=O) groups is 1. The minimum atomic E-state index is -0.491. The Morgan fingerprint density at radius 2 is 2.21 bits per heavy atom. The van der Waals surface area contributed by atoms with Crippen LogP contribution in [0.25, 0.3) is 0 Å². The minimum absolute atomic E-state index is 0.195. The molecule has 0 fully saturated rings. The zero-order valence-corrected chi connectivity index (χ0v) is 10.5. The Hall–Kier alpha value is -2.50. The Kier molecular flexibility index (Phi) is 4.39. The molecule has 19 heavy (non-hydrogen) atoms. The lowest BCUT2D eigenvalue weighted by Crippen LogP contribution is -2.09. The predicted octanol–water partition coefficient (Wildman–Crippen LogP) is 1.31. The standard InChI is InChI=1S/C13H14N4O2/c1-19-13(18)11-8-17-12(9-16-11)15-6-4-10-3-2-5-14-7-10/h2-3,5,7-9H,4,6H2,1H3,(H,15,17). The zero-order chi connectivity index (χ0) is 13.5. The molecule has 0 radical (unpaired) electrons. The van der Waals surface area contributed by atoms with Crippen molar-refractivity contribution in [3.05, 3.63) is 48.2 Å². The second-order valence-electron chi connectivity index (χ2n) is 3.82. The van der Waals surface area contributed by atoms with Gasteiger partial charge in [0.15, 0.2) is 5.69 Å². The molecule has 98 valence electrons. The van der Waals surface area contributed by atoms with Gasteiger partial charge in [-0.3, -0.25) is 4.98 Å². The van der Waals surface area contributed by atoms with E-state index in [1.54, 1.807) is 6.20 Å². The molecule has 0 unspecified atom stereocenters. The van der Waals surface area contributed by atoms with E-state index in [9.17, 15) is 4.79 Å². The third-order valence-corrected chi connectivity index (χ3v) is 2.49. The summed E-state index contributed by atoms with van der Waals surface area (Å²) in [6.07, 6.45) is 7.31. The molecule has 6 nitrogen and oxygen atoms in total. The van der Waals surface area contributed by atoms with Gasteiger partial charge in [-0.25, -0.2) is 14.8 Å². The Labute approximate surface area is 110 Å². The number of anilines is 1. The Balaban J connectivity index is 1.85. The van der Waals surface area contributed by atoms with Crippen LogP contribution in [0.1, 0.15) is 16.1 Å². The molecule has 6 heteroatoms. The first kappa shape index (κ1) is 12.9. The Bertz CT molecular complexity index is 528. The lowest BCUT2D eigenvalue weighted by molar-refractivity contribution is 0.0593. The first-order valence-corrected chi connectivity index (χ1v) is 5.82. The second-order valence-corrected chi connectivity index (χ2v) is 3.82. The van der Waals surface area contributed by atoms with Crippen LogP contribution >= 0.6 is 0 Å². The maximum atomic E-state index is 11.2. The van der Waals surface area contributed by atoms with E-state index in [1.807, 2.05) is 18.3 Å². The molecular weight excluding hydrogens is 244 g/mol. The molecule has 2 aromatic rings. The topological polar surface area (TPSA) is 77.0 Å². The number of carbonyl (C=O) groups excluding carboxylic acids is 1. The van der Waals surface area contributed by atoms with Crippen LogP contribution in [0, 0.1) is 0 Å². The largest absolute Gasteiger partial charge is 0.464 e. The third kappa shape index (κ3) is 3.74. The van der Waals surface area contributed by atoms with Crippen LogP contribution in [0.15, 0.2) is 36.9 Å². The summed E-state index contributed by atoms with van der Waals surface area (Å²) in [5.74, 6) is 0.131. The van der Waals surface area contributed by atoms with Gasteiger partial charge in [0, 0.05) is 18.9 Å². The van der Waals surface area contributed by atoms with Crippen LogP contribution in [0.2, 0.25) is 0 Å². The molecule has 2 aromatic heterocycles. The van der Waals surface area contributed by atoms with E-state index in [2.05, 4.69) is 25.0 Å². The second kappa shape index (κ2) is 6.44. The van der Waals surface area contributed by atoms with Gasteiger partial charge < -0.3 is 10.1 Å². The van der Waals surface area contributed by atoms with Crippen molar-refractivity contribution in [2.75, 3.05) is 19.0 Å². The number of methoxy groups -OCH3 is 1. The monoisotopic (exact) mass is 258 g/mol. The maximum Gasteiger partial charge on any atom is 0.358 e. The van der Waals surface area contributed by atoms with Crippen molar-refractivity contribution in [1.29, 1.82) is 0 Å². The molecule has 2 rings (SSSR count). The maximum absolute atomic E-state index is 11.2. The molecule has 0 amide bonds. The quantitative estimate of drug-likeness (QED) is 0.815. The van der Waals surface area contributed by atoms with E-state index >= 15 is 0 Å². The van der Waals surface area contributed by atoms with E-state index in [4.69, 9.17) is 0 Å². The highest BCUT2D eigenvalue weighted by Crippen LogP contribution is 2.03. The summed E-state index contributed by atoms with van der Waals surface area (Å²) in [7, 11) is 1.31. The van der Waals surface area contributed by atoms with Gasteiger partial charge in [0.25, 0.3) is 0 Å². The van der Waals surface area contributed by atoms with Gasteiger partial charge in [-0.1, -0.05) is 6.07 Å². The van der Waals surface area contributed by atoms with Crippen LogP contribution in [0.3, 0.4) is 0 Å². The average molecular weight is 258 g/mol. The smallest absolute Gasteiger partial charge is 0.358 e. The summed E-state index contributed by atoms with van der Waals surface area (Å²) in [4.78, 5) is 23.3. The van der Waals surface area contributed by atoms with Crippen molar-refractivity contribution in [2.45, 2.75) is 6.42 Å². The molecule has 0 aliphatic carbocycles. The van der Waals surface area contributed by atoms with Gasteiger partial charge in [0.1, 0.15) is 5.82 Å². The first-order chi connectivity index (χ1) is 9.29. The van der Waals surface area contributed by atoms with E-state index < -0.39 is 5.97 Å². The highest BCUT2D eigenvalue weighted by atomic mass is 16.5. The summed E-state index contributed by atoms with van der Waals surface area (Å²) in [6, 6.07) is 3.92. The SMILES string of the molecule is COC(=O)c1cnc(NCCc2cccnc2)cn1. The highest BCUT2D eigenvalue weighted by Gasteiger charge is 2.06. The Morgan fingerprint density at radius 3 is 2.84 bits per heavy atom. The third-order valence-electron chi connectivity index (χ3n) is 2.49. The van der Waals surface area contributed by atoms with Crippen LogP contribution in [-0.2, 0) is 11.2 Å². The summed E-state index contributed by atoms with van der Waals surface area (Å²) >= 11 is 0. The van der Waals surface area contributed by atoms with E-state index in [-0.39, 0.29) is 5.69 Å². The van der Waals surface area contributed by atoms with Gasteiger partial charge in [0.05, 0.1) is 19.5 Å². The van der Waals surface area contributed by atoms with Crippen LogP contribution in [-0.4, -0.2) is 34.6 Å². The molecule has 0 saturated carbocycles. The van der Waals surface area contributed by atoms with Crippen molar-refractivity contribution in [2.24, 2.45) is 0 Å². The number of nitrogens with zero attached hydrogens (tertiary/aromatic N) is 3. The first-order valence-electron chi connectivity index (χ1n) is 5.82. The predicted molar refractivity (Wildman–Crippen MR) is 69.8 cm³/mol. The van der Waals surface area contributed by atoms with E-state index in [1.165, 1.54) is 19.5 Å². The lowest BCUT2D eigenvalue weighted by Gasteiger charge is -2.05. The number of ether oxygens (including phenoxy) is 1. The number of rotatable bonds is 5. The number of aromatic nitrogens is 3. The average Bonchev–Trinajstić information content (AvgIpc) is 2.48. The minimum Gasteiger partial charge on any atom is -0.464 e. The summed E-state index contributed by atoms with van der Waals surface area (Å²) in [5.41, 5.74) is 1.34. The Morgan fingerprint density at radius 1 is 1.32 bits per heavy atom. The van der Waals surface area contributed by atoms with Crippen molar-refractivity contribution in [1.82, 2.24) is 15.0 Å². The molecule has 0 atom stereocenters. The van der Waals surface area contributed by atoms with Crippen molar-refractivity contribution in [3.8, 4) is 0 Å². The molecule has 0 aromatic carbocycles. The lowest BCUT2D eigenvalue weighted by atomic mass is 10.2. The molecule has 2 heterocycles. The zero-order valence-electron chi connectivity index (χ0n) is 10.5. The number of hydrogen-bond acceptors (Lipinski definition) is 6. The molecule has 0 spiro atoms. The molecular formula is C13H14N4O2. The van der Waals surface area contributed by atoms with Gasteiger partial charge in [-0.05, 0) is 18.1 Å². The number of hydrogen-bond donors (Lipinski definition) is 1. The highest BCUT2D eigenvalue weighted by molar-refractivity contribution is 5.86. The fraction of sp³-hybridized carbons (Fsp3) is 0.231. The number of esters is 1. The molecule has 0 aliphatic heterocycles. The van der Waals surface area contributed by atoms with Crippen molar-refractivity contribution < 1.29 is 9.53 Å². The fourth-order valence-corrected chi connectivity index (χ4v) is 1.51. The molecule has 0 bridgehead atoms. The van der Waals surface area contributed by atoms with E-state index in [0.717, 1.165) is 18.5 Å². The fourth-order valence-electron chi connectivity index (χ4n) is 1.51. The van der Waals surface area contributed by atoms with Crippen LogP contribution < -0.4 is 5.32 Å². The summed E-state index contributed by atoms with van der Waals surface area (Å²) < 4.78 is 4.55. The summed E-state index contributed by atoms with van der Waals surface area (Å²) in [6.45, 7) is 0.720. The van der Waals surface area contributed by atoms with Crippen molar-refractivity contribution in [3.63, 3.8) is 0 Å². The molecule has 1 N–H and O–H groups in total. The van der Waals surface area contributed by atoms with Crippen molar-refractivity contribution >= 4 is 11.8 Å². The van der Waals surface area contributed by atoms with Gasteiger partial charge in [-0.15, -0.1) is 0 Å². The normalized spacial score (nSPS) is 9.95.